The van der Waals surface area contributed by atoms with E-state index in [2.05, 4.69) is 41.7 Å². The third-order valence-corrected chi connectivity index (χ3v) is 4.54. The highest BCUT2D eigenvalue weighted by molar-refractivity contribution is 5.79. The van der Waals surface area contributed by atoms with Gasteiger partial charge >= 0.3 is 0 Å². The fourth-order valence-electron chi connectivity index (χ4n) is 3.39. The summed E-state index contributed by atoms with van der Waals surface area (Å²) in [5, 5.41) is 3.08. The summed E-state index contributed by atoms with van der Waals surface area (Å²) in [7, 11) is 0. The van der Waals surface area contributed by atoms with Gasteiger partial charge in [0.2, 0.25) is 5.91 Å². The number of carbonyl (C=O) groups excluding carboxylic acids is 1. The van der Waals surface area contributed by atoms with Crippen LogP contribution < -0.4 is 11.1 Å². The molecule has 3 N–H and O–H groups in total. The van der Waals surface area contributed by atoms with E-state index in [9.17, 15) is 4.79 Å². The van der Waals surface area contributed by atoms with Crippen LogP contribution in [0.25, 0.3) is 0 Å². The average molecular weight is 270 g/mol. The number of allylic oxidation sites excluding steroid dienone is 2. The molecular formula is C17H22N2O. The first-order valence-corrected chi connectivity index (χ1v) is 7.50. The Bertz CT molecular complexity index is 506. The van der Waals surface area contributed by atoms with Crippen LogP contribution in [0.15, 0.2) is 36.4 Å². The van der Waals surface area contributed by atoms with Crippen LogP contribution in [0.5, 0.6) is 0 Å². The first kappa shape index (κ1) is 13.4. The van der Waals surface area contributed by atoms with Crippen molar-refractivity contribution < 1.29 is 4.79 Å². The minimum atomic E-state index is 0.196. The van der Waals surface area contributed by atoms with Gasteiger partial charge < -0.3 is 11.1 Å². The van der Waals surface area contributed by atoms with Gasteiger partial charge in [-0.05, 0) is 48.8 Å². The molecule has 20 heavy (non-hydrogen) atoms. The van der Waals surface area contributed by atoms with Gasteiger partial charge in [0.25, 0.3) is 0 Å². The minimum Gasteiger partial charge on any atom is -0.352 e. The molecule has 3 nitrogen and oxygen atoms in total. The zero-order valence-electron chi connectivity index (χ0n) is 11.7. The molecule has 3 rings (SSSR count). The van der Waals surface area contributed by atoms with Gasteiger partial charge in [0.05, 0.1) is 0 Å². The molecule has 0 radical (unpaired) electrons. The Labute approximate surface area is 120 Å². The molecule has 0 aromatic heterocycles. The Kier molecular flexibility index (Phi) is 3.88. The lowest BCUT2D eigenvalue weighted by Gasteiger charge is -2.17. The summed E-state index contributed by atoms with van der Waals surface area (Å²) in [5.41, 5.74) is 7.94. The maximum Gasteiger partial charge on any atom is 0.223 e. The monoisotopic (exact) mass is 270 g/mol. The number of nitrogens with one attached hydrogen (secondary N) is 1. The third kappa shape index (κ3) is 2.78. The van der Waals surface area contributed by atoms with E-state index < -0.39 is 0 Å². The van der Waals surface area contributed by atoms with Crippen molar-refractivity contribution in [2.75, 3.05) is 6.54 Å². The molecule has 0 aliphatic heterocycles. The molecule has 2 aliphatic rings. The van der Waals surface area contributed by atoms with Crippen molar-refractivity contribution in [1.82, 2.24) is 5.32 Å². The lowest BCUT2D eigenvalue weighted by Crippen LogP contribution is -2.32. The van der Waals surface area contributed by atoms with Crippen molar-refractivity contribution in [3.8, 4) is 0 Å². The molecule has 0 saturated heterocycles. The van der Waals surface area contributed by atoms with E-state index in [0.29, 0.717) is 24.9 Å². The first-order valence-electron chi connectivity index (χ1n) is 7.50. The Balaban J connectivity index is 1.51. The molecule has 3 atom stereocenters. The summed E-state index contributed by atoms with van der Waals surface area (Å²) in [6.07, 6.45) is 7.60. The number of rotatable bonds is 5. The molecule has 1 fully saturated rings. The third-order valence-electron chi connectivity index (χ3n) is 4.54. The number of hydrogen-bond acceptors (Lipinski definition) is 2. The number of hydrogen-bond donors (Lipinski definition) is 2. The summed E-state index contributed by atoms with van der Waals surface area (Å²) >= 11 is 0. The van der Waals surface area contributed by atoms with E-state index in [0.717, 1.165) is 18.4 Å². The van der Waals surface area contributed by atoms with Gasteiger partial charge in [-0.25, -0.2) is 0 Å². The fraction of sp³-hybridized carbons (Fsp3) is 0.471. The van der Waals surface area contributed by atoms with Crippen molar-refractivity contribution in [2.24, 2.45) is 23.5 Å². The van der Waals surface area contributed by atoms with E-state index in [-0.39, 0.29) is 11.8 Å². The Morgan fingerprint density at radius 3 is 2.50 bits per heavy atom. The molecule has 1 aromatic carbocycles. The molecule has 106 valence electrons. The molecule has 2 bridgehead atoms. The van der Waals surface area contributed by atoms with Crippen molar-refractivity contribution in [2.45, 2.75) is 25.8 Å². The molecule has 0 spiro atoms. The molecule has 1 aromatic rings. The van der Waals surface area contributed by atoms with Crippen molar-refractivity contribution in [3.05, 3.63) is 47.5 Å². The molecule has 1 amide bonds. The van der Waals surface area contributed by atoms with Crippen LogP contribution in [0.1, 0.15) is 24.0 Å². The number of carbonyl (C=O) groups is 1. The quantitative estimate of drug-likeness (QED) is 0.804. The molecule has 1 saturated carbocycles. The van der Waals surface area contributed by atoms with E-state index in [4.69, 9.17) is 5.73 Å². The summed E-state index contributed by atoms with van der Waals surface area (Å²) < 4.78 is 0. The SMILES string of the molecule is NCCc1ccc(CNC(=O)C2CC3C=CC2C3)cc1. The summed E-state index contributed by atoms with van der Waals surface area (Å²) in [5.74, 6) is 1.53. The van der Waals surface area contributed by atoms with Gasteiger partial charge in [-0.15, -0.1) is 0 Å². The van der Waals surface area contributed by atoms with E-state index in [1.165, 1.54) is 12.0 Å². The average Bonchev–Trinajstić information content (AvgIpc) is 3.09. The molecular weight excluding hydrogens is 248 g/mol. The van der Waals surface area contributed by atoms with Crippen LogP contribution in [0, 0.1) is 17.8 Å². The van der Waals surface area contributed by atoms with Gasteiger partial charge in [-0.1, -0.05) is 36.4 Å². The number of fused-ring (bicyclic) bond motifs is 2. The Morgan fingerprint density at radius 2 is 1.90 bits per heavy atom. The topological polar surface area (TPSA) is 55.1 Å². The molecule has 2 aliphatic carbocycles. The zero-order valence-corrected chi connectivity index (χ0v) is 11.7. The smallest absolute Gasteiger partial charge is 0.223 e. The minimum absolute atomic E-state index is 0.196. The second-order valence-corrected chi connectivity index (χ2v) is 5.96. The highest BCUT2D eigenvalue weighted by Crippen LogP contribution is 2.43. The number of nitrogens with two attached hydrogens (primary N) is 1. The number of amides is 1. The Hall–Kier alpha value is -1.61. The second-order valence-electron chi connectivity index (χ2n) is 5.96. The molecule has 3 unspecified atom stereocenters. The first-order chi connectivity index (χ1) is 9.76. The van der Waals surface area contributed by atoms with Crippen molar-refractivity contribution in [3.63, 3.8) is 0 Å². The van der Waals surface area contributed by atoms with E-state index >= 15 is 0 Å². The second kappa shape index (κ2) is 5.80. The fourth-order valence-corrected chi connectivity index (χ4v) is 3.39. The standard InChI is InChI=1S/C17H22N2O/c18-8-7-12-1-3-13(4-2-12)11-19-17(20)16-10-14-5-6-15(16)9-14/h1-6,14-16H,7-11,18H2,(H,19,20). The highest BCUT2D eigenvalue weighted by Gasteiger charge is 2.39. The largest absolute Gasteiger partial charge is 0.352 e. The van der Waals surface area contributed by atoms with Crippen molar-refractivity contribution in [1.29, 1.82) is 0 Å². The maximum atomic E-state index is 12.2. The van der Waals surface area contributed by atoms with Gasteiger partial charge in [-0.2, -0.15) is 0 Å². The predicted octanol–water partition coefficient (Wildman–Crippen LogP) is 2.02. The summed E-state index contributed by atoms with van der Waals surface area (Å²) in [6.45, 7) is 1.30. The van der Waals surface area contributed by atoms with E-state index in [1.54, 1.807) is 0 Å². The van der Waals surface area contributed by atoms with Crippen LogP contribution in [-0.2, 0) is 17.8 Å². The number of benzene rings is 1. The summed E-state index contributed by atoms with van der Waals surface area (Å²) in [6, 6.07) is 8.33. The van der Waals surface area contributed by atoms with Crippen LogP contribution in [0.4, 0.5) is 0 Å². The van der Waals surface area contributed by atoms with E-state index in [1.807, 2.05) is 0 Å². The lowest BCUT2D eigenvalue weighted by molar-refractivity contribution is -0.125. The predicted molar refractivity (Wildman–Crippen MR) is 79.9 cm³/mol. The summed E-state index contributed by atoms with van der Waals surface area (Å²) in [4.78, 5) is 12.2. The van der Waals surface area contributed by atoms with Crippen LogP contribution in [0.2, 0.25) is 0 Å². The van der Waals surface area contributed by atoms with Crippen LogP contribution >= 0.6 is 0 Å². The van der Waals surface area contributed by atoms with Gasteiger partial charge in [0.15, 0.2) is 0 Å². The molecule has 0 heterocycles. The maximum absolute atomic E-state index is 12.2. The van der Waals surface area contributed by atoms with Gasteiger partial charge in [0.1, 0.15) is 0 Å². The molecule has 3 heteroatoms. The van der Waals surface area contributed by atoms with Crippen LogP contribution in [0.3, 0.4) is 0 Å². The Morgan fingerprint density at radius 1 is 1.15 bits per heavy atom. The highest BCUT2D eigenvalue weighted by atomic mass is 16.1. The van der Waals surface area contributed by atoms with Crippen molar-refractivity contribution >= 4 is 5.91 Å². The van der Waals surface area contributed by atoms with Gasteiger partial charge in [-0.3, -0.25) is 4.79 Å². The zero-order chi connectivity index (χ0) is 13.9. The lowest BCUT2D eigenvalue weighted by atomic mass is 9.93. The van der Waals surface area contributed by atoms with Gasteiger partial charge in [0, 0.05) is 12.5 Å². The van der Waals surface area contributed by atoms with Crippen LogP contribution in [-0.4, -0.2) is 12.5 Å². The normalized spacial score (nSPS) is 26.9.